The quantitative estimate of drug-likeness (QED) is 0.550. The SMILES string of the molecule is COCCNS(=O)(=O)c1ccc(C)c(C(=O)NCC(C)(C)C(=O)O)c1. The molecule has 0 saturated carbocycles. The molecule has 25 heavy (non-hydrogen) atoms. The minimum Gasteiger partial charge on any atom is -0.481 e. The standard InChI is InChI=1S/C16H24N2O6S/c1-11-5-6-12(25(22,23)18-7-8-24-4)9-13(11)14(19)17-10-16(2,3)15(20)21/h5-6,9,18H,7-8,10H2,1-4H3,(H,17,19)(H,20,21). The van der Waals surface area contributed by atoms with E-state index in [-0.39, 0.29) is 30.2 Å². The third-order valence-corrected chi connectivity index (χ3v) is 5.09. The molecule has 0 aliphatic heterocycles. The highest BCUT2D eigenvalue weighted by molar-refractivity contribution is 7.89. The molecule has 9 heteroatoms. The summed E-state index contributed by atoms with van der Waals surface area (Å²) in [5, 5.41) is 11.6. The Bertz CT molecular complexity index is 743. The molecule has 140 valence electrons. The van der Waals surface area contributed by atoms with E-state index in [0.717, 1.165) is 0 Å². The molecule has 0 radical (unpaired) electrons. The lowest BCUT2D eigenvalue weighted by Crippen LogP contribution is -2.39. The first-order chi connectivity index (χ1) is 11.5. The Morgan fingerprint density at radius 3 is 2.48 bits per heavy atom. The Kier molecular flexibility index (Phi) is 7.09. The van der Waals surface area contributed by atoms with Gasteiger partial charge in [-0.2, -0.15) is 0 Å². The van der Waals surface area contributed by atoms with Crippen LogP contribution in [0.15, 0.2) is 23.1 Å². The number of carbonyl (C=O) groups is 2. The van der Waals surface area contributed by atoms with E-state index < -0.39 is 27.3 Å². The summed E-state index contributed by atoms with van der Waals surface area (Å²) < 4.78 is 31.6. The summed E-state index contributed by atoms with van der Waals surface area (Å²) in [6.07, 6.45) is 0. The van der Waals surface area contributed by atoms with Crippen LogP contribution in [0, 0.1) is 12.3 Å². The van der Waals surface area contributed by atoms with Gasteiger partial charge in [-0.15, -0.1) is 0 Å². The summed E-state index contributed by atoms with van der Waals surface area (Å²) in [5.41, 5.74) is -0.369. The first-order valence-corrected chi connectivity index (χ1v) is 9.10. The van der Waals surface area contributed by atoms with Gasteiger partial charge in [-0.1, -0.05) is 6.07 Å². The zero-order chi connectivity index (χ0) is 19.3. The fraction of sp³-hybridized carbons (Fsp3) is 0.500. The van der Waals surface area contributed by atoms with Gasteiger partial charge in [0.25, 0.3) is 5.91 Å². The van der Waals surface area contributed by atoms with Crippen molar-refractivity contribution in [2.24, 2.45) is 5.41 Å². The van der Waals surface area contributed by atoms with Crippen LogP contribution in [0.2, 0.25) is 0 Å². The van der Waals surface area contributed by atoms with Crippen LogP contribution in [-0.4, -0.2) is 52.2 Å². The zero-order valence-electron chi connectivity index (χ0n) is 14.8. The van der Waals surface area contributed by atoms with Crippen molar-refractivity contribution in [3.8, 4) is 0 Å². The predicted molar refractivity (Wildman–Crippen MR) is 92.0 cm³/mol. The van der Waals surface area contributed by atoms with Crippen LogP contribution in [0.25, 0.3) is 0 Å². The lowest BCUT2D eigenvalue weighted by molar-refractivity contribution is -0.146. The van der Waals surface area contributed by atoms with Gasteiger partial charge in [0, 0.05) is 25.8 Å². The first kappa shape index (κ1) is 21.1. The van der Waals surface area contributed by atoms with E-state index in [1.165, 1.54) is 39.2 Å². The number of methoxy groups -OCH3 is 1. The number of aryl methyl sites for hydroxylation is 1. The number of aliphatic carboxylic acids is 1. The molecule has 3 N–H and O–H groups in total. The molecule has 0 spiro atoms. The van der Waals surface area contributed by atoms with Gasteiger partial charge >= 0.3 is 5.97 Å². The lowest BCUT2D eigenvalue weighted by atomic mass is 9.93. The highest BCUT2D eigenvalue weighted by atomic mass is 32.2. The minimum absolute atomic E-state index is 0.0446. The molecule has 0 saturated heterocycles. The first-order valence-electron chi connectivity index (χ1n) is 7.62. The number of sulfonamides is 1. The van der Waals surface area contributed by atoms with E-state index in [2.05, 4.69) is 10.0 Å². The lowest BCUT2D eigenvalue weighted by Gasteiger charge is -2.20. The number of benzene rings is 1. The number of rotatable bonds is 9. The largest absolute Gasteiger partial charge is 0.481 e. The summed E-state index contributed by atoms with van der Waals surface area (Å²) in [6, 6.07) is 4.21. The number of hydrogen-bond donors (Lipinski definition) is 3. The second-order valence-corrected chi connectivity index (χ2v) is 8.01. The van der Waals surface area contributed by atoms with Crippen molar-refractivity contribution in [3.05, 3.63) is 29.3 Å². The molecule has 0 bridgehead atoms. The molecule has 0 aliphatic rings. The number of hydrogen-bond acceptors (Lipinski definition) is 5. The molecule has 0 fully saturated rings. The molecule has 0 heterocycles. The maximum atomic E-state index is 12.3. The fourth-order valence-corrected chi connectivity index (χ4v) is 2.89. The van der Waals surface area contributed by atoms with Gasteiger partial charge in [0.1, 0.15) is 0 Å². The van der Waals surface area contributed by atoms with Crippen molar-refractivity contribution >= 4 is 21.9 Å². The second kappa shape index (κ2) is 8.41. The summed E-state index contributed by atoms with van der Waals surface area (Å²) in [7, 11) is -2.31. The third-order valence-electron chi connectivity index (χ3n) is 3.63. The average molecular weight is 372 g/mol. The number of carbonyl (C=O) groups excluding carboxylic acids is 1. The van der Waals surface area contributed by atoms with Crippen molar-refractivity contribution in [2.45, 2.75) is 25.7 Å². The highest BCUT2D eigenvalue weighted by Crippen LogP contribution is 2.17. The van der Waals surface area contributed by atoms with Crippen LogP contribution in [0.5, 0.6) is 0 Å². The van der Waals surface area contributed by atoms with Gasteiger partial charge in [0.05, 0.1) is 16.9 Å². The van der Waals surface area contributed by atoms with E-state index in [0.29, 0.717) is 5.56 Å². The van der Waals surface area contributed by atoms with Gasteiger partial charge in [0.15, 0.2) is 0 Å². The molecule has 1 rings (SSSR count). The van der Waals surface area contributed by atoms with Crippen molar-refractivity contribution in [1.29, 1.82) is 0 Å². The maximum absolute atomic E-state index is 12.3. The topological polar surface area (TPSA) is 122 Å². The van der Waals surface area contributed by atoms with Gasteiger partial charge in [0.2, 0.25) is 10.0 Å². The van der Waals surface area contributed by atoms with Crippen molar-refractivity contribution in [2.75, 3.05) is 26.8 Å². The monoisotopic (exact) mass is 372 g/mol. The Balaban J connectivity index is 2.98. The Labute approximate surface area is 147 Å². The molecule has 0 aromatic heterocycles. The number of amides is 1. The Morgan fingerprint density at radius 2 is 1.92 bits per heavy atom. The minimum atomic E-state index is -3.77. The molecule has 1 amide bonds. The van der Waals surface area contributed by atoms with Gasteiger partial charge < -0.3 is 15.2 Å². The molecular weight excluding hydrogens is 348 g/mol. The van der Waals surface area contributed by atoms with Crippen LogP contribution in [0.1, 0.15) is 29.8 Å². The Morgan fingerprint density at radius 1 is 1.28 bits per heavy atom. The van der Waals surface area contributed by atoms with E-state index in [9.17, 15) is 18.0 Å². The molecular formula is C16H24N2O6S. The molecule has 0 unspecified atom stereocenters. The average Bonchev–Trinajstić information content (AvgIpc) is 2.53. The number of carboxylic acids is 1. The summed E-state index contributed by atoms with van der Waals surface area (Å²) in [4.78, 5) is 23.4. The fourth-order valence-electron chi connectivity index (χ4n) is 1.85. The molecule has 8 nitrogen and oxygen atoms in total. The number of ether oxygens (including phenoxy) is 1. The van der Waals surface area contributed by atoms with Gasteiger partial charge in [-0.05, 0) is 38.5 Å². The zero-order valence-corrected chi connectivity index (χ0v) is 15.6. The third kappa shape index (κ3) is 5.80. The highest BCUT2D eigenvalue weighted by Gasteiger charge is 2.28. The van der Waals surface area contributed by atoms with E-state index in [1.807, 2.05) is 0 Å². The van der Waals surface area contributed by atoms with Crippen LogP contribution >= 0.6 is 0 Å². The van der Waals surface area contributed by atoms with Crippen LogP contribution in [0.4, 0.5) is 0 Å². The maximum Gasteiger partial charge on any atom is 0.310 e. The Hall–Kier alpha value is -1.97. The van der Waals surface area contributed by atoms with Crippen molar-refractivity contribution in [1.82, 2.24) is 10.0 Å². The molecule has 1 aromatic rings. The van der Waals surface area contributed by atoms with Gasteiger partial charge in [-0.3, -0.25) is 9.59 Å². The molecule has 0 atom stereocenters. The van der Waals surface area contributed by atoms with E-state index in [4.69, 9.17) is 9.84 Å². The van der Waals surface area contributed by atoms with E-state index in [1.54, 1.807) is 6.92 Å². The number of nitrogens with one attached hydrogen (secondary N) is 2. The number of carboxylic acid groups (broad SMARTS) is 1. The molecule has 1 aromatic carbocycles. The smallest absolute Gasteiger partial charge is 0.310 e. The van der Waals surface area contributed by atoms with Crippen LogP contribution in [-0.2, 0) is 19.6 Å². The van der Waals surface area contributed by atoms with Crippen molar-refractivity contribution in [3.63, 3.8) is 0 Å². The van der Waals surface area contributed by atoms with Crippen molar-refractivity contribution < 1.29 is 27.9 Å². The predicted octanol–water partition coefficient (Wildman–Crippen LogP) is 0.760. The second-order valence-electron chi connectivity index (χ2n) is 6.24. The summed E-state index contributed by atoms with van der Waals surface area (Å²) >= 11 is 0. The van der Waals surface area contributed by atoms with Gasteiger partial charge in [-0.25, -0.2) is 13.1 Å². The normalized spacial score (nSPS) is 12.0. The summed E-state index contributed by atoms with van der Waals surface area (Å²) in [6.45, 7) is 4.91. The van der Waals surface area contributed by atoms with Crippen LogP contribution < -0.4 is 10.0 Å². The van der Waals surface area contributed by atoms with Crippen LogP contribution in [0.3, 0.4) is 0 Å². The van der Waals surface area contributed by atoms with E-state index >= 15 is 0 Å². The molecule has 0 aliphatic carbocycles. The summed E-state index contributed by atoms with van der Waals surface area (Å²) in [5.74, 6) is -1.57.